The summed E-state index contributed by atoms with van der Waals surface area (Å²) in [6.45, 7) is 12.0. The summed E-state index contributed by atoms with van der Waals surface area (Å²) in [5.41, 5.74) is 0.997. The number of hydrogen-bond acceptors (Lipinski definition) is 4. The highest BCUT2D eigenvalue weighted by Gasteiger charge is 2.58. The van der Waals surface area contributed by atoms with E-state index in [0.29, 0.717) is 0 Å². The lowest BCUT2D eigenvalue weighted by atomic mass is 9.62. The highest BCUT2D eigenvalue weighted by Crippen LogP contribution is 2.46. The lowest BCUT2D eigenvalue weighted by Crippen LogP contribution is -2.41. The molecule has 0 radical (unpaired) electrons. The molecule has 0 bridgehead atoms. The Morgan fingerprint density at radius 3 is 1.87 bits per heavy atom. The van der Waals surface area contributed by atoms with Crippen molar-refractivity contribution < 1.29 is 19.0 Å². The Kier molecular flexibility index (Phi) is 3.80. The van der Waals surface area contributed by atoms with E-state index in [2.05, 4.69) is 0 Å². The van der Waals surface area contributed by atoms with Crippen LogP contribution in [-0.2, 0) is 14.0 Å². The summed E-state index contributed by atoms with van der Waals surface area (Å²) in [6.07, 6.45) is 0. The van der Waals surface area contributed by atoms with E-state index in [0.717, 1.165) is 16.5 Å². The van der Waals surface area contributed by atoms with Gasteiger partial charge in [0.05, 0.1) is 16.8 Å². The Bertz CT molecular complexity index is 621. The molecule has 0 aromatic heterocycles. The molecule has 1 fully saturated rings. The van der Waals surface area contributed by atoms with Gasteiger partial charge in [-0.2, -0.15) is 0 Å². The van der Waals surface area contributed by atoms with Gasteiger partial charge in [-0.15, -0.1) is 0 Å². The van der Waals surface area contributed by atoms with Crippen LogP contribution in [0.15, 0.2) is 35.8 Å². The maximum Gasteiger partial charge on any atom is 0.493 e. The lowest BCUT2D eigenvalue weighted by Gasteiger charge is -2.32. The van der Waals surface area contributed by atoms with Crippen molar-refractivity contribution in [3.63, 3.8) is 0 Å². The molecule has 0 aliphatic carbocycles. The van der Waals surface area contributed by atoms with Crippen molar-refractivity contribution in [3.05, 3.63) is 41.4 Å². The van der Waals surface area contributed by atoms with Crippen molar-refractivity contribution in [2.45, 2.75) is 58.3 Å². The summed E-state index contributed by atoms with van der Waals surface area (Å²) < 4.78 is 18.2. The first-order valence-corrected chi connectivity index (χ1v) is 8.07. The molecule has 0 unspecified atom stereocenters. The molecule has 1 aromatic rings. The lowest BCUT2D eigenvalue weighted by molar-refractivity contribution is 0.00578. The quantitative estimate of drug-likeness (QED) is 0.853. The predicted molar refractivity (Wildman–Crippen MR) is 92.6 cm³/mol. The van der Waals surface area contributed by atoms with E-state index < -0.39 is 31.0 Å². The second-order valence-corrected chi connectivity index (χ2v) is 7.76. The fraction of sp³-hybridized carbons (Fsp3) is 0.529. The molecule has 6 heteroatoms. The second-order valence-electron chi connectivity index (χ2n) is 7.76. The van der Waals surface area contributed by atoms with E-state index >= 15 is 0 Å². The highest BCUT2D eigenvalue weighted by molar-refractivity contribution is 6.74. The summed E-state index contributed by atoms with van der Waals surface area (Å²) in [6, 6.07) is 9.78. The summed E-state index contributed by atoms with van der Waals surface area (Å²) >= 11 is 0. The molecule has 0 amide bonds. The minimum atomic E-state index is -0.985. The van der Waals surface area contributed by atoms with Gasteiger partial charge < -0.3 is 19.0 Å². The van der Waals surface area contributed by atoms with Gasteiger partial charge in [0, 0.05) is 0 Å². The first-order chi connectivity index (χ1) is 10.6. The number of benzene rings is 1. The van der Waals surface area contributed by atoms with Gasteiger partial charge in [0.15, 0.2) is 0 Å². The molecular weight excluding hydrogens is 290 g/mol. The Morgan fingerprint density at radius 1 is 0.826 bits per heavy atom. The maximum atomic E-state index is 10.5. The smallest absolute Gasteiger partial charge is 0.423 e. The third-order valence-electron chi connectivity index (χ3n) is 5.17. The van der Waals surface area contributed by atoms with Gasteiger partial charge in [-0.3, -0.25) is 0 Å². The second kappa shape index (κ2) is 5.21. The van der Waals surface area contributed by atoms with E-state index in [1.54, 1.807) is 0 Å². The third-order valence-corrected chi connectivity index (χ3v) is 5.17. The predicted octanol–water partition coefficient (Wildman–Crippen LogP) is 2.90. The highest BCUT2D eigenvalue weighted by atomic mass is 16.7. The van der Waals surface area contributed by atoms with Crippen molar-refractivity contribution in [2.24, 2.45) is 0 Å². The average molecular weight is 314 g/mol. The third kappa shape index (κ3) is 2.68. The minimum Gasteiger partial charge on any atom is -0.423 e. The monoisotopic (exact) mass is 314 g/mol. The molecule has 2 heterocycles. The van der Waals surface area contributed by atoms with Gasteiger partial charge in [-0.05, 0) is 58.1 Å². The molecule has 0 saturated carbocycles. The molecule has 0 atom stereocenters. The van der Waals surface area contributed by atoms with Crippen LogP contribution in [0.4, 0.5) is 0 Å². The van der Waals surface area contributed by atoms with Crippen molar-refractivity contribution >= 4 is 19.7 Å². The van der Waals surface area contributed by atoms with Crippen LogP contribution >= 0.6 is 0 Å². The zero-order valence-electron chi connectivity index (χ0n) is 14.7. The van der Waals surface area contributed by atoms with Crippen LogP contribution in [-0.4, -0.2) is 36.1 Å². The molecule has 0 spiro atoms. The van der Waals surface area contributed by atoms with E-state index in [9.17, 15) is 5.02 Å². The van der Waals surface area contributed by atoms with Crippen LogP contribution < -0.4 is 0 Å². The fourth-order valence-electron chi connectivity index (χ4n) is 3.15. The van der Waals surface area contributed by atoms with Crippen LogP contribution in [0.5, 0.6) is 0 Å². The number of rotatable bonds is 2. The van der Waals surface area contributed by atoms with Crippen LogP contribution in [0.25, 0.3) is 5.47 Å². The van der Waals surface area contributed by atoms with E-state index in [1.165, 1.54) is 0 Å². The summed E-state index contributed by atoms with van der Waals surface area (Å²) in [5.74, 6) is 0. The standard InChI is InChI=1S/C17H24B2O4/c1-15(2)14(19-22-16(3,4)17(5,6)23-19)13(18(20)21-15)12-10-8-7-9-11-12/h7-11,20H,1-6H3. The maximum absolute atomic E-state index is 10.5. The molecule has 1 N–H and O–H groups in total. The van der Waals surface area contributed by atoms with Gasteiger partial charge in [0.25, 0.3) is 0 Å². The molecule has 23 heavy (non-hydrogen) atoms. The van der Waals surface area contributed by atoms with Crippen molar-refractivity contribution in [2.75, 3.05) is 0 Å². The largest absolute Gasteiger partial charge is 0.493 e. The normalized spacial score (nSPS) is 25.3. The van der Waals surface area contributed by atoms with Crippen molar-refractivity contribution in [1.82, 2.24) is 0 Å². The summed E-state index contributed by atoms with van der Waals surface area (Å²) in [4.78, 5) is 0. The minimum absolute atomic E-state index is 0.434. The van der Waals surface area contributed by atoms with Crippen molar-refractivity contribution in [3.8, 4) is 0 Å². The van der Waals surface area contributed by atoms with Crippen molar-refractivity contribution in [1.29, 1.82) is 0 Å². The zero-order valence-corrected chi connectivity index (χ0v) is 14.7. The van der Waals surface area contributed by atoms with E-state index in [4.69, 9.17) is 14.0 Å². The molecule has 2 aliphatic heterocycles. The average Bonchev–Trinajstić information content (AvgIpc) is 2.79. The van der Waals surface area contributed by atoms with Crippen LogP contribution in [0.2, 0.25) is 0 Å². The Hall–Kier alpha value is -1.07. The molecule has 1 aromatic carbocycles. The van der Waals surface area contributed by atoms with E-state index in [1.807, 2.05) is 71.9 Å². The molecule has 122 valence electrons. The fourth-order valence-corrected chi connectivity index (χ4v) is 3.15. The van der Waals surface area contributed by atoms with E-state index in [-0.39, 0.29) is 0 Å². The summed E-state index contributed by atoms with van der Waals surface area (Å²) in [7, 11) is -1.52. The van der Waals surface area contributed by atoms with Gasteiger partial charge in [-0.25, -0.2) is 0 Å². The molecule has 2 aliphatic rings. The molecule has 4 nitrogen and oxygen atoms in total. The SMILES string of the molecule is CC1(C)OB(O)C(c2ccccc2)=C1B1OC(C)(C)C(C)(C)O1. The topological polar surface area (TPSA) is 47.9 Å². The molecule has 3 rings (SSSR count). The first-order valence-electron chi connectivity index (χ1n) is 8.07. The summed E-state index contributed by atoms with van der Waals surface area (Å²) in [5, 5.41) is 10.5. The Labute approximate surface area is 139 Å². The van der Waals surface area contributed by atoms with Crippen LogP contribution in [0.1, 0.15) is 47.1 Å². The van der Waals surface area contributed by atoms with Gasteiger partial charge in [-0.1, -0.05) is 30.3 Å². The van der Waals surface area contributed by atoms with Gasteiger partial charge in [0.1, 0.15) is 0 Å². The van der Waals surface area contributed by atoms with Crippen LogP contribution in [0.3, 0.4) is 0 Å². The van der Waals surface area contributed by atoms with Crippen LogP contribution in [0, 0.1) is 0 Å². The molecular formula is C17H24B2O4. The van der Waals surface area contributed by atoms with Gasteiger partial charge >= 0.3 is 14.2 Å². The zero-order chi connectivity index (χ0) is 17.0. The first kappa shape index (κ1) is 16.8. The van der Waals surface area contributed by atoms with Gasteiger partial charge in [0.2, 0.25) is 0 Å². The Morgan fingerprint density at radius 2 is 1.35 bits per heavy atom. The Balaban J connectivity index is 2.11. The number of hydrogen-bond donors (Lipinski definition) is 1. The molecule has 1 saturated heterocycles.